The maximum Gasteiger partial charge on any atom is 0 e. The van der Waals surface area contributed by atoms with Crippen molar-refractivity contribution < 1.29 is 32.3 Å². The van der Waals surface area contributed by atoms with Gasteiger partial charge in [-0.1, -0.05) is 0 Å². The number of carbonyl (C=O) groups is 1. The van der Waals surface area contributed by atoms with E-state index >= 15 is 0 Å². The van der Waals surface area contributed by atoms with Crippen LogP contribution in [0.5, 0.6) is 0 Å². The van der Waals surface area contributed by atoms with Crippen LogP contribution in [-0.2, 0) is 27.2 Å². The standard InChI is InChI=1S/C4H7O2Se.Au/c1-3(7)2-4(5)6;/h3H,2H2,1H3,(H,5,6);. The van der Waals surface area contributed by atoms with E-state index in [1.54, 1.807) is 0 Å². The molecule has 0 saturated heterocycles. The van der Waals surface area contributed by atoms with Crippen molar-refractivity contribution in [3.63, 3.8) is 0 Å². The van der Waals surface area contributed by atoms with Crippen molar-refractivity contribution in [1.29, 1.82) is 0 Å². The van der Waals surface area contributed by atoms with Crippen LogP contribution in [0.3, 0.4) is 0 Å². The van der Waals surface area contributed by atoms with Crippen molar-refractivity contribution in [2.75, 3.05) is 0 Å². The van der Waals surface area contributed by atoms with Gasteiger partial charge in [-0.3, -0.25) is 0 Å². The molecule has 0 spiro atoms. The molecule has 0 bridgehead atoms. The van der Waals surface area contributed by atoms with Gasteiger partial charge in [0, 0.05) is 22.4 Å². The summed E-state index contributed by atoms with van der Waals surface area (Å²) >= 11 is 2.69. The molecule has 8 heavy (non-hydrogen) atoms. The Hall–Kier alpha value is 0.730. The summed E-state index contributed by atoms with van der Waals surface area (Å²) in [5, 5.41) is 8.06. The third kappa shape index (κ3) is 9.88. The quantitative estimate of drug-likeness (QED) is 0.723. The average Bonchev–Trinajstić information content (AvgIpc) is 1.27. The Morgan fingerprint density at radius 3 is 2.25 bits per heavy atom. The van der Waals surface area contributed by atoms with Crippen LogP contribution < -0.4 is 0 Å². The SMILES string of the molecule is CC([Se])CC(=O)O.[Au]. The fourth-order valence-corrected chi connectivity index (χ4v) is 0.545. The van der Waals surface area contributed by atoms with Crippen molar-refractivity contribution >= 4 is 22.0 Å². The molecular weight excluding hydrogens is 356 g/mol. The van der Waals surface area contributed by atoms with Gasteiger partial charge >= 0.3 is 50.0 Å². The molecular formula is C4H7AuO2Se. The van der Waals surface area contributed by atoms with Crippen LogP contribution in [0.25, 0.3) is 0 Å². The van der Waals surface area contributed by atoms with E-state index in [0.29, 0.717) is 0 Å². The molecule has 0 aliphatic heterocycles. The van der Waals surface area contributed by atoms with Gasteiger partial charge in [0.05, 0.1) is 0 Å². The summed E-state index contributed by atoms with van der Waals surface area (Å²) in [6, 6.07) is 0. The van der Waals surface area contributed by atoms with E-state index in [2.05, 4.69) is 16.0 Å². The Morgan fingerprint density at radius 2 is 2.25 bits per heavy atom. The summed E-state index contributed by atoms with van der Waals surface area (Å²) in [6.07, 6.45) is 0.222. The fraction of sp³-hybridized carbons (Fsp3) is 0.750. The smallest absolute Gasteiger partial charge is 0 e. The van der Waals surface area contributed by atoms with Gasteiger partial charge in [-0.25, -0.2) is 0 Å². The van der Waals surface area contributed by atoms with Crippen LogP contribution >= 0.6 is 0 Å². The van der Waals surface area contributed by atoms with Gasteiger partial charge in [0.15, 0.2) is 0 Å². The molecule has 0 rings (SSSR count). The van der Waals surface area contributed by atoms with Crippen molar-refractivity contribution in [3.8, 4) is 0 Å². The molecule has 1 unspecified atom stereocenters. The zero-order chi connectivity index (χ0) is 5.86. The zero-order valence-electron chi connectivity index (χ0n) is 4.35. The molecule has 52 valence electrons. The largest absolute Gasteiger partial charge is 0 e. The van der Waals surface area contributed by atoms with Crippen LogP contribution in [0.1, 0.15) is 13.3 Å². The molecule has 0 saturated carbocycles. The number of aliphatic carboxylic acids is 1. The summed E-state index contributed by atoms with van der Waals surface area (Å²) in [7, 11) is 0. The molecule has 0 amide bonds. The predicted molar refractivity (Wildman–Crippen MR) is 27.4 cm³/mol. The average molecular weight is 363 g/mol. The van der Waals surface area contributed by atoms with Gasteiger partial charge in [-0.15, -0.1) is 0 Å². The molecule has 2 radical (unpaired) electrons. The number of rotatable bonds is 2. The number of carboxylic acids is 1. The second kappa shape index (κ2) is 5.86. The zero-order valence-corrected chi connectivity index (χ0v) is 8.23. The molecule has 0 aromatic carbocycles. The van der Waals surface area contributed by atoms with E-state index in [9.17, 15) is 4.79 Å². The van der Waals surface area contributed by atoms with E-state index in [-0.39, 0.29) is 33.6 Å². The fourth-order valence-electron chi connectivity index (χ4n) is 0.246. The maximum atomic E-state index is 9.79. The minimum atomic E-state index is -0.744. The second-order valence-electron chi connectivity index (χ2n) is 1.41. The Bertz CT molecular complexity index is 74.4. The molecule has 0 aliphatic carbocycles. The van der Waals surface area contributed by atoms with Gasteiger partial charge in [0.1, 0.15) is 0 Å². The Morgan fingerprint density at radius 1 is 1.88 bits per heavy atom. The normalized spacial score (nSPS) is 11.8. The summed E-state index contributed by atoms with van der Waals surface area (Å²) in [6.45, 7) is 1.83. The third-order valence-corrected chi connectivity index (χ3v) is 0.812. The van der Waals surface area contributed by atoms with E-state index in [1.807, 2.05) is 6.92 Å². The van der Waals surface area contributed by atoms with Crippen molar-refractivity contribution in [2.45, 2.75) is 18.2 Å². The second-order valence-corrected chi connectivity index (χ2v) is 3.10. The molecule has 0 fully saturated rings. The van der Waals surface area contributed by atoms with Gasteiger partial charge in [0.2, 0.25) is 0 Å². The van der Waals surface area contributed by atoms with Gasteiger partial charge in [-0.2, -0.15) is 0 Å². The maximum absolute atomic E-state index is 9.79. The number of carboxylic acid groups (broad SMARTS) is 1. The van der Waals surface area contributed by atoms with Crippen LogP contribution in [0.15, 0.2) is 0 Å². The first-order valence-electron chi connectivity index (χ1n) is 2.00. The van der Waals surface area contributed by atoms with Gasteiger partial charge < -0.3 is 0 Å². The molecule has 0 aromatic rings. The van der Waals surface area contributed by atoms with Crippen molar-refractivity contribution in [1.82, 2.24) is 0 Å². The molecule has 0 heterocycles. The Kier molecular flexibility index (Phi) is 8.43. The summed E-state index contributed by atoms with van der Waals surface area (Å²) in [5.41, 5.74) is 0. The first-order valence-corrected chi connectivity index (χ1v) is 2.99. The molecule has 0 aromatic heterocycles. The van der Waals surface area contributed by atoms with E-state index in [0.717, 1.165) is 0 Å². The van der Waals surface area contributed by atoms with Gasteiger partial charge in [0.25, 0.3) is 0 Å². The minimum Gasteiger partial charge on any atom is 0 e. The minimum absolute atomic E-state index is 0. The molecule has 2 nitrogen and oxygen atoms in total. The van der Waals surface area contributed by atoms with Crippen molar-refractivity contribution in [3.05, 3.63) is 0 Å². The summed E-state index contributed by atoms with van der Waals surface area (Å²) in [5.74, 6) is -0.744. The van der Waals surface area contributed by atoms with E-state index in [1.165, 1.54) is 0 Å². The Balaban J connectivity index is 0. The molecule has 0 aliphatic rings. The first-order chi connectivity index (χ1) is 3.13. The van der Waals surface area contributed by atoms with E-state index < -0.39 is 5.97 Å². The number of hydrogen-bond donors (Lipinski definition) is 1. The molecule has 1 atom stereocenters. The summed E-state index contributed by atoms with van der Waals surface area (Å²) < 4.78 is 0. The van der Waals surface area contributed by atoms with Crippen LogP contribution in [0.4, 0.5) is 0 Å². The van der Waals surface area contributed by atoms with Crippen LogP contribution in [-0.4, -0.2) is 27.1 Å². The van der Waals surface area contributed by atoms with Crippen LogP contribution in [0, 0.1) is 0 Å². The first kappa shape index (κ1) is 11.5. The van der Waals surface area contributed by atoms with E-state index in [4.69, 9.17) is 5.11 Å². The Labute approximate surface area is 72.4 Å². The topological polar surface area (TPSA) is 37.3 Å². The predicted octanol–water partition coefficient (Wildman–Crippen LogP) is 0.435. The summed E-state index contributed by atoms with van der Waals surface area (Å²) in [4.78, 5) is 9.94. The van der Waals surface area contributed by atoms with Crippen LogP contribution in [0.2, 0.25) is 4.82 Å². The third-order valence-electron chi connectivity index (χ3n) is 0.462. The molecule has 4 heteroatoms. The number of hydrogen-bond acceptors (Lipinski definition) is 1. The monoisotopic (exact) mass is 364 g/mol. The van der Waals surface area contributed by atoms with Crippen molar-refractivity contribution in [2.24, 2.45) is 0 Å². The van der Waals surface area contributed by atoms with Gasteiger partial charge in [-0.05, 0) is 0 Å². The molecule has 1 N–H and O–H groups in total.